The fourth-order valence-corrected chi connectivity index (χ4v) is 1.25. The molecule has 18 heavy (non-hydrogen) atoms. The van der Waals surface area contributed by atoms with Crippen molar-refractivity contribution in [2.75, 3.05) is 26.9 Å². The molecular formula is C11H22N2O5. The summed E-state index contributed by atoms with van der Waals surface area (Å²) in [5.74, 6) is -1.08. The Labute approximate surface area is 107 Å². The van der Waals surface area contributed by atoms with Crippen molar-refractivity contribution in [1.82, 2.24) is 10.6 Å². The maximum atomic E-state index is 11.5. The normalized spacial score (nSPS) is 13.7. The van der Waals surface area contributed by atoms with Crippen molar-refractivity contribution in [3.63, 3.8) is 0 Å². The summed E-state index contributed by atoms with van der Waals surface area (Å²) < 4.78 is 9.92. The van der Waals surface area contributed by atoms with E-state index in [1.54, 1.807) is 6.92 Å². The van der Waals surface area contributed by atoms with E-state index in [0.29, 0.717) is 13.2 Å². The van der Waals surface area contributed by atoms with E-state index >= 15 is 0 Å². The maximum Gasteiger partial charge on any atom is 0.326 e. The van der Waals surface area contributed by atoms with Gasteiger partial charge in [0.05, 0.1) is 12.6 Å². The van der Waals surface area contributed by atoms with Gasteiger partial charge in [-0.3, -0.25) is 0 Å². The second-order valence-corrected chi connectivity index (χ2v) is 3.85. The number of rotatable bonds is 9. The Morgan fingerprint density at radius 3 is 2.50 bits per heavy atom. The van der Waals surface area contributed by atoms with Gasteiger partial charge < -0.3 is 25.2 Å². The van der Waals surface area contributed by atoms with Crippen molar-refractivity contribution in [3.05, 3.63) is 0 Å². The maximum absolute atomic E-state index is 11.5. The third kappa shape index (κ3) is 7.86. The molecule has 0 aliphatic carbocycles. The predicted molar refractivity (Wildman–Crippen MR) is 65.5 cm³/mol. The van der Waals surface area contributed by atoms with Crippen LogP contribution in [0.4, 0.5) is 4.79 Å². The highest BCUT2D eigenvalue weighted by Gasteiger charge is 2.20. The molecule has 0 saturated carbocycles. The van der Waals surface area contributed by atoms with Crippen molar-refractivity contribution in [2.45, 2.75) is 32.4 Å². The Kier molecular flexibility index (Phi) is 8.95. The molecule has 0 bridgehead atoms. The average Bonchev–Trinajstić information content (AvgIpc) is 2.31. The first-order chi connectivity index (χ1) is 8.51. The first kappa shape index (κ1) is 16.7. The number of methoxy groups -OCH3 is 1. The fraction of sp³-hybridized carbons (Fsp3) is 0.818. The molecule has 0 spiro atoms. The summed E-state index contributed by atoms with van der Waals surface area (Å²) in [6.07, 6.45) is 0.221. The van der Waals surface area contributed by atoms with E-state index in [1.165, 1.54) is 7.11 Å². The molecule has 7 heteroatoms. The van der Waals surface area contributed by atoms with E-state index < -0.39 is 18.0 Å². The zero-order valence-corrected chi connectivity index (χ0v) is 11.1. The molecular weight excluding hydrogens is 240 g/mol. The second kappa shape index (κ2) is 9.67. The topological polar surface area (TPSA) is 96.9 Å². The zero-order valence-electron chi connectivity index (χ0n) is 11.1. The lowest BCUT2D eigenvalue weighted by atomic mass is 10.2. The van der Waals surface area contributed by atoms with E-state index in [1.807, 2.05) is 6.92 Å². The van der Waals surface area contributed by atoms with Crippen molar-refractivity contribution < 1.29 is 24.2 Å². The lowest BCUT2D eigenvalue weighted by molar-refractivity contribution is -0.139. The largest absolute Gasteiger partial charge is 0.480 e. The Hall–Kier alpha value is -1.34. The molecule has 7 nitrogen and oxygen atoms in total. The smallest absolute Gasteiger partial charge is 0.326 e. The van der Waals surface area contributed by atoms with Gasteiger partial charge in [0.1, 0.15) is 6.04 Å². The quantitative estimate of drug-likeness (QED) is 0.551. The Morgan fingerprint density at radius 2 is 2.00 bits per heavy atom. The minimum Gasteiger partial charge on any atom is -0.480 e. The molecule has 106 valence electrons. The number of carbonyl (C=O) groups is 2. The summed E-state index contributed by atoms with van der Waals surface area (Å²) in [6, 6.07) is -1.66. The summed E-state index contributed by atoms with van der Waals surface area (Å²) in [7, 11) is 1.48. The highest BCUT2D eigenvalue weighted by Crippen LogP contribution is 1.94. The van der Waals surface area contributed by atoms with Crippen LogP contribution in [0.5, 0.6) is 0 Å². The number of carboxylic acids is 1. The van der Waals surface area contributed by atoms with E-state index in [0.717, 1.165) is 0 Å². The van der Waals surface area contributed by atoms with Crippen LogP contribution < -0.4 is 10.6 Å². The van der Waals surface area contributed by atoms with Gasteiger partial charge in [-0.25, -0.2) is 9.59 Å². The summed E-state index contributed by atoms with van der Waals surface area (Å²) in [4.78, 5) is 22.4. The standard InChI is InChI=1S/C11H22N2O5/c1-4-18-7-8(2)12-11(16)13-9(10(14)15)5-6-17-3/h8-9H,4-7H2,1-3H3,(H,14,15)(H2,12,13,16). The molecule has 0 aromatic rings. The SMILES string of the molecule is CCOCC(C)NC(=O)NC(CCOC)C(=O)O. The number of carboxylic acid groups (broad SMARTS) is 1. The van der Waals surface area contributed by atoms with Gasteiger partial charge in [0, 0.05) is 26.7 Å². The van der Waals surface area contributed by atoms with Crippen molar-refractivity contribution in [2.24, 2.45) is 0 Å². The van der Waals surface area contributed by atoms with E-state index in [-0.39, 0.29) is 19.1 Å². The molecule has 0 rings (SSSR count). The number of hydrogen-bond donors (Lipinski definition) is 3. The lowest BCUT2D eigenvalue weighted by Gasteiger charge is -2.18. The molecule has 0 saturated heterocycles. The lowest BCUT2D eigenvalue weighted by Crippen LogP contribution is -2.49. The number of aliphatic carboxylic acids is 1. The van der Waals surface area contributed by atoms with Crippen LogP contribution in [-0.2, 0) is 14.3 Å². The minimum absolute atomic E-state index is 0.179. The molecule has 2 amide bonds. The van der Waals surface area contributed by atoms with Crippen molar-refractivity contribution in [1.29, 1.82) is 0 Å². The van der Waals surface area contributed by atoms with E-state index in [2.05, 4.69) is 10.6 Å². The number of carbonyl (C=O) groups excluding carboxylic acids is 1. The summed E-state index contributed by atoms with van der Waals surface area (Å²) in [6.45, 7) is 4.86. The van der Waals surface area contributed by atoms with Crippen LogP contribution in [0.15, 0.2) is 0 Å². The van der Waals surface area contributed by atoms with Gasteiger partial charge in [-0.1, -0.05) is 0 Å². The van der Waals surface area contributed by atoms with Crippen LogP contribution in [-0.4, -0.2) is 56.1 Å². The zero-order chi connectivity index (χ0) is 14.0. The van der Waals surface area contributed by atoms with Crippen LogP contribution >= 0.6 is 0 Å². The highest BCUT2D eigenvalue weighted by molar-refractivity contribution is 5.82. The first-order valence-electron chi connectivity index (χ1n) is 5.87. The molecule has 0 aromatic carbocycles. The van der Waals surface area contributed by atoms with Crippen molar-refractivity contribution >= 4 is 12.0 Å². The van der Waals surface area contributed by atoms with Gasteiger partial charge >= 0.3 is 12.0 Å². The Bertz CT molecular complexity index is 260. The average molecular weight is 262 g/mol. The third-order valence-corrected chi connectivity index (χ3v) is 2.16. The van der Waals surface area contributed by atoms with Gasteiger partial charge in [-0.05, 0) is 13.8 Å². The minimum atomic E-state index is -1.08. The number of urea groups is 1. The molecule has 0 aliphatic rings. The van der Waals surface area contributed by atoms with E-state index in [4.69, 9.17) is 14.6 Å². The monoisotopic (exact) mass is 262 g/mol. The summed E-state index contributed by atoms with van der Waals surface area (Å²) in [5, 5.41) is 13.9. The van der Waals surface area contributed by atoms with Gasteiger partial charge in [-0.15, -0.1) is 0 Å². The van der Waals surface area contributed by atoms with Gasteiger partial charge in [0.2, 0.25) is 0 Å². The van der Waals surface area contributed by atoms with Crippen LogP contribution in [0.2, 0.25) is 0 Å². The number of hydrogen-bond acceptors (Lipinski definition) is 4. The van der Waals surface area contributed by atoms with Crippen LogP contribution in [0.1, 0.15) is 20.3 Å². The highest BCUT2D eigenvalue weighted by atomic mass is 16.5. The Balaban J connectivity index is 4.04. The molecule has 2 atom stereocenters. The Morgan fingerprint density at radius 1 is 1.33 bits per heavy atom. The summed E-state index contributed by atoms with van der Waals surface area (Å²) >= 11 is 0. The molecule has 2 unspecified atom stereocenters. The summed E-state index contributed by atoms with van der Waals surface area (Å²) in [5.41, 5.74) is 0. The van der Waals surface area contributed by atoms with Crippen molar-refractivity contribution in [3.8, 4) is 0 Å². The van der Waals surface area contributed by atoms with Crippen LogP contribution in [0.25, 0.3) is 0 Å². The second-order valence-electron chi connectivity index (χ2n) is 3.85. The fourth-order valence-electron chi connectivity index (χ4n) is 1.25. The predicted octanol–water partition coefficient (Wildman–Crippen LogP) is 0.200. The van der Waals surface area contributed by atoms with Crippen LogP contribution in [0.3, 0.4) is 0 Å². The third-order valence-electron chi connectivity index (χ3n) is 2.16. The van der Waals surface area contributed by atoms with Gasteiger partial charge in [0.25, 0.3) is 0 Å². The number of amides is 2. The van der Waals surface area contributed by atoms with E-state index in [9.17, 15) is 9.59 Å². The number of nitrogens with one attached hydrogen (secondary N) is 2. The molecule has 0 fully saturated rings. The molecule has 3 N–H and O–H groups in total. The molecule has 0 radical (unpaired) electrons. The van der Waals surface area contributed by atoms with Crippen LogP contribution in [0, 0.1) is 0 Å². The molecule has 0 heterocycles. The molecule has 0 aromatic heterocycles. The first-order valence-corrected chi connectivity index (χ1v) is 5.87. The van der Waals surface area contributed by atoms with Gasteiger partial charge in [-0.2, -0.15) is 0 Å². The molecule has 0 aliphatic heterocycles. The number of ether oxygens (including phenoxy) is 2. The van der Waals surface area contributed by atoms with Gasteiger partial charge in [0.15, 0.2) is 0 Å².